The van der Waals surface area contributed by atoms with Crippen LogP contribution in [0.25, 0.3) is 0 Å². The van der Waals surface area contributed by atoms with Crippen molar-refractivity contribution < 1.29 is 13.2 Å². The first kappa shape index (κ1) is 20.5. The van der Waals surface area contributed by atoms with Gasteiger partial charge in [-0.05, 0) is 37.5 Å². The van der Waals surface area contributed by atoms with Gasteiger partial charge >= 0.3 is 0 Å². The molecule has 1 amide bonds. The van der Waals surface area contributed by atoms with Gasteiger partial charge in [-0.15, -0.1) is 0 Å². The molecule has 0 spiro atoms. The summed E-state index contributed by atoms with van der Waals surface area (Å²) in [5.41, 5.74) is 1.74. The second-order valence-electron chi connectivity index (χ2n) is 7.37. The highest BCUT2D eigenvalue weighted by molar-refractivity contribution is 7.89. The van der Waals surface area contributed by atoms with Crippen LogP contribution in [-0.2, 0) is 21.2 Å². The van der Waals surface area contributed by atoms with Crippen molar-refractivity contribution in [2.75, 3.05) is 26.2 Å². The van der Waals surface area contributed by atoms with E-state index in [1.165, 1.54) is 0 Å². The van der Waals surface area contributed by atoms with Crippen molar-refractivity contribution in [3.05, 3.63) is 65.7 Å². The number of nitrogens with one attached hydrogen (secondary N) is 3. The summed E-state index contributed by atoms with van der Waals surface area (Å²) in [5.74, 6) is 0.0245. The van der Waals surface area contributed by atoms with Crippen molar-refractivity contribution in [1.82, 2.24) is 15.4 Å². The zero-order chi connectivity index (χ0) is 20.0. The minimum Gasteiger partial charge on any atom is -0.355 e. The molecule has 2 aromatic carbocycles. The molecule has 0 bridgehead atoms. The van der Waals surface area contributed by atoms with Crippen molar-refractivity contribution in [2.45, 2.75) is 24.7 Å². The van der Waals surface area contributed by atoms with Crippen molar-refractivity contribution in [1.29, 1.82) is 0 Å². The van der Waals surface area contributed by atoms with E-state index in [2.05, 4.69) is 15.4 Å². The predicted molar refractivity (Wildman–Crippen MR) is 109 cm³/mol. The first-order valence-electron chi connectivity index (χ1n) is 9.51. The standard InChI is InChI=1S/C21H27N3O3S/c1-17-8-10-19(11-9-17)28(26,27)24-13-5-12-23-20(25)21(15-22-16-21)14-18-6-3-2-4-7-18/h2-4,6-11,22,24H,5,12-16H2,1H3,(H,23,25). The lowest BCUT2D eigenvalue weighted by atomic mass is 9.75. The van der Waals surface area contributed by atoms with E-state index >= 15 is 0 Å². The molecule has 0 aliphatic carbocycles. The van der Waals surface area contributed by atoms with Gasteiger partial charge in [-0.1, -0.05) is 48.0 Å². The highest BCUT2D eigenvalue weighted by atomic mass is 32.2. The summed E-state index contributed by atoms with van der Waals surface area (Å²) < 4.78 is 27.1. The number of aryl methyl sites for hydroxylation is 1. The fraction of sp³-hybridized carbons (Fsp3) is 0.381. The summed E-state index contributed by atoms with van der Waals surface area (Å²) in [6.45, 7) is 3.95. The number of sulfonamides is 1. The lowest BCUT2D eigenvalue weighted by Gasteiger charge is -2.41. The maximum Gasteiger partial charge on any atom is 0.240 e. The quantitative estimate of drug-likeness (QED) is 0.557. The lowest BCUT2D eigenvalue weighted by Crippen LogP contribution is -2.62. The molecular weight excluding hydrogens is 374 g/mol. The molecule has 0 radical (unpaired) electrons. The van der Waals surface area contributed by atoms with E-state index in [1.54, 1.807) is 24.3 Å². The molecule has 0 aromatic heterocycles. The fourth-order valence-electron chi connectivity index (χ4n) is 3.26. The van der Waals surface area contributed by atoms with Gasteiger partial charge in [0.15, 0.2) is 0 Å². The summed E-state index contributed by atoms with van der Waals surface area (Å²) in [4.78, 5) is 12.9. The van der Waals surface area contributed by atoms with Gasteiger partial charge in [0.1, 0.15) is 0 Å². The van der Waals surface area contributed by atoms with Crippen LogP contribution in [0, 0.1) is 12.3 Å². The molecule has 6 nitrogen and oxygen atoms in total. The second-order valence-corrected chi connectivity index (χ2v) is 9.13. The lowest BCUT2D eigenvalue weighted by molar-refractivity contribution is -0.133. The molecule has 150 valence electrons. The second kappa shape index (κ2) is 8.86. The molecule has 0 unspecified atom stereocenters. The summed E-state index contributed by atoms with van der Waals surface area (Å²) in [6, 6.07) is 16.7. The SMILES string of the molecule is Cc1ccc(S(=O)(=O)NCCCNC(=O)C2(Cc3ccccc3)CNC2)cc1. The summed E-state index contributed by atoms with van der Waals surface area (Å²) in [7, 11) is -3.51. The average Bonchev–Trinajstić information content (AvgIpc) is 2.65. The Balaban J connectivity index is 1.44. The Labute approximate surface area is 166 Å². The minimum absolute atomic E-state index is 0.0245. The molecule has 1 aliphatic rings. The molecular formula is C21H27N3O3S. The van der Waals surface area contributed by atoms with E-state index in [4.69, 9.17) is 0 Å². The van der Waals surface area contributed by atoms with Gasteiger partial charge in [-0.2, -0.15) is 0 Å². The average molecular weight is 402 g/mol. The van der Waals surface area contributed by atoms with Crippen molar-refractivity contribution in [2.24, 2.45) is 5.41 Å². The van der Waals surface area contributed by atoms with Gasteiger partial charge < -0.3 is 10.6 Å². The van der Waals surface area contributed by atoms with Crippen LogP contribution < -0.4 is 15.4 Å². The number of carbonyl (C=O) groups is 1. The molecule has 1 fully saturated rings. The molecule has 1 saturated heterocycles. The van der Waals surface area contributed by atoms with Crippen molar-refractivity contribution in [3.8, 4) is 0 Å². The molecule has 28 heavy (non-hydrogen) atoms. The molecule has 1 heterocycles. The number of rotatable bonds is 9. The third-order valence-corrected chi connectivity index (χ3v) is 6.53. The zero-order valence-electron chi connectivity index (χ0n) is 16.1. The van der Waals surface area contributed by atoms with Gasteiger partial charge in [0.25, 0.3) is 0 Å². The Morgan fingerprint density at radius 2 is 1.71 bits per heavy atom. The molecule has 7 heteroatoms. The maximum atomic E-state index is 12.7. The van der Waals surface area contributed by atoms with E-state index in [9.17, 15) is 13.2 Å². The van der Waals surface area contributed by atoms with E-state index < -0.39 is 15.4 Å². The Morgan fingerprint density at radius 1 is 1.04 bits per heavy atom. The molecule has 3 N–H and O–H groups in total. The summed E-state index contributed by atoms with van der Waals surface area (Å²) >= 11 is 0. The number of amides is 1. The third-order valence-electron chi connectivity index (χ3n) is 5.06. The maximum absolute atomic E-state index is 12.7. The Hall–Kier alpha value is -2.22. The van der Waals surface area contributed by atoms with Crippen LogP contribution in [0.4, 0.5) is 0 Å². The Morgan fingerprint density at radius 3 is 2.32 bits per heavy atom. The first-order valence-corrected chi connectivity index (χ1v) is 11.0. The topological polar surface area (TPSA) is 87.3 Å². The first-order chi connectivity index (χ1) is 13.4. The third kappa shape index (κ3) is 4.98. The molecule has 1 aliphatic heterocycles. The van der Waals surface area contributed by atoms with Gasteiger partial charge in [0, 0.05) is 26.2 Å². The van der Waals surface area contributed by atoms with Crippen LogP contribution in [-0.4, -0.2) is 40.5 Å². The van der Waals surface area contributed by atoms with E-state index in [-0.39, 0.29) is 17.3 Å². The summed E-state index contributed by atoms with van der Waals surface area (Å²) in [5, 5.41) is 6.16. The molecule has 3 rings (SSSR count). The zero-order valence-corrected chi connectivity index (χ0v) is 16.9. The van der Waals surface area contributed by atoms with Gasteiger partial charge in [0.05, 0.1) is 10.3 Å². The number of carbonyl (C=O) groups excluding carboxylic acids is 1. The van der Waals surface area contributed by atoms with Crippen LogP contribution in [0.2, 0.25) is 0 Å². The van der Waals surface area contributed by atoms with Gasteiger partial charge in [-0.25, -0.2) is 13.1 Å². The molecule has 0 saturated carbocycles. The van der Waals surface area contributed by atoms with Crippen LogP contribution in [0.5, 0.6) is 0 Å². The smallest absolute Gasteiger partial charge is 0.240 e. The summed E-state index contributed by atoms with van der Waals surface area (Å²) in [6.07, 6.45) is 1.23. The van der Waals surface area contributed by atoms with Crippen LogP contribution in [0.15, 0.2) is 59.5 Å². The monoisotopic (exact) mass is 401 g/mol. The van der Waals surface area contributed by atoms with Gasteiger partial charge in [-0.3, -0.25) is 4.79 Å². The number of benzene rings is 2. The molecule has 2 aromatic rings. The minimum atomic E-state index is -3.51. The van der Waals surface area contributed by atoms with E-state index in [0.717, 1.165) is 11.1 Å². The van der Waals surface area contributed by atoms with Crippen molar-refractivity contribution >= 4 is 15.9 Å². The fourth-order valence-corrected chi connectivity index (χ4v) is 4.34. The van der Waals surface area contributed by atoms with Crippen LogP contribution in [0.1, 0.15) is 17.5 Å². The number of hydrogen-bond acceptors (Lipinski definition) is 4. The van der Waals surface area contributed by atoms with Crippen molar-refractivity contribution in [3.63, 3.8) is 0 Å². The molecule has 0 atom stereocenters. The van der Waals surface area contributed by atoms with E-state index in [1.807, 2.05) is 37.3 Å². The number of hydrogen-bond donors (Lipinski definition) is 3. The van der Waals surface area contributed by atoms with Crippen LogP contribution >= 0.6 is 0 Å². The normalized spacial score (nSPS) is 15.6. The highest BCUT2D eigenvalue weighted by Crippen LogP contribution is 2.28. The Kier molecular flexibility index (Phi) is 6.49. The predicted octanol–water partition coefficient (Wildman–Crippen LogP) is 1.61. The Bertz CT molecular complexity index is 892. The largest absolute Gasteiger partial charge is 0.355 e. The van der Waals surface area contributed by atoms with E-state index in [0.29, 0.717) is 32.5 Å². The van der Waals surface area contributed by atoms with Crippen LogP contribution in [0.3, 0.4) is 0 Å². The highest BCUT2D eigenvalue weighted by Gasteiger charge is 2.43. The van der Waals surface area contributed by atoms with Gasteiger partial charge in [0.2, 0.25) is 15.9 Å².